The summed E-state index contributed by atoms with van der Waals surface area (Å²) in [7, 11) is 0. The Morgan fingerprint density at radius 3 is 2.64 bits per heavy atom. The van der Waals surface area contributed by atoms with Crippen molar-refractivity contribution in [3.05, 3.63) is 35.5 Å². The van der Waals surface area contributed by atoms with Gasteiger partial charge >= 0.3 is 5.97 Å². The number of carbonyl (C=O) groups is 1. The lowest BCUT2D eigenvalue weighted by Gasteiger charge is -1.95. The molecular weight excluding hydrogens is 202 g/mol. The molecule has 1 N–H and O–H groups in total. The van der Waals surface area contributed by atoms with E-state index in [9.17, 15) is 4.79 Å². The first-order chi connectivity index (χ1) is 6.63. The van der Waals surface area contributed by atoms with E-state index in [1.807, 2.05) is 18.2 Å². The van der Waals surface area contributed by atoms with Gasteiger partial charge in [0.05, 0.1) is 5.52 Å². The summed E-state index contributed by atoms with van der Waals surface area (Å²) in [6, 6.07) is 7.34. The van der Waals surface area contributed by atoms with Gasteiger partial charge in [0.1, 0.15) is 5.69 Å². The molecule has 0 spiro atoms. The van der Waals surface area contributed by atoms with Crippen LogP contribution in [0.15, 0.2) is 24.3 Å². The summed E-state index contributed by atoms with van der Waals surface area (Å²) in [6.07, 6.45) is 0. The van der Waals surface area contributed by atoms with Gasteiger partial charge in [-0.3, -0.25) is 0 Å². The summed E-state index contributed by atoms with van der Waals surface area (Å²) >= 11 is 5.89. The fourth-order valence-electron chi connectivity index (χ4n) is 1.60. The van der Waals surface area contributed by atoms with Crippen molar-refractivity contribution in [1.82, 2.24) is 4.09 Å². The molecule has 2 aromatic rings. The van der Waals surface area contributed by atoms with Gasteiger partial charge in [-0.15, -0.1) is 0 Å². The summed E-state index contributed by atoms with van der Waals surface area (Å²) in [5.41, 5.74) is 1.56. The fourth-order valence-corrected chi connectivity index (χ4v) is 1.95. The van der Waals surface area contributed by atoms with Crippen LogP contribution in [-0.2, 0) is 0 Å². The van der Waals surface area contributed by atoms with Crippen LogP contribution in [0.2, 0.25) is 0 Å². The molecule has 0 saturated heterocycles. The average Bonchev–Trinajstić information content (AvgIpc) is 2.41. The normalized spacial score (nSPS) is 10.7. The lowest BCUT2D eigenvalue weighted by atomic mass is 10.1. The molecule has 4 heteroatoms. The average molecular weight is 210 g/mol. The molecule has 0 radical (unpaired) electrons. The summed E-state index contributed by atoms with van der Waals surface area (Å²) in [4.78, 5) is 10.9. The second kappa shape index (κ2) is 3.03. The van der Waals surface area contributed by atoms with Gasteiger partial charge in [0.2, 0.25) is 0 Å². The number of carboxylic acid groups (broad SMARTS) is 1. The van der Waals surface area contributed by atoms with E-state index in [1.165, 1.54) is 4.09 Å². The first kappa shape index (κ1) is 9.09. The third kappa shape index (κ3) is 1.09. The molecule has 2 rings (SSSR count). The molecule has 0 saturated carbocycles. The van der Waals surface area contributed by atoms with Crippen LogP contribution in [0.3, 0.4) is 0 Å². The SMILES string of the molecule is Cc1c(C(=O)O)n(Cl)c2ccccc12. The van der Waals surface area contributed by atoms with E-state index in [4.69, 9.17) is 16.9 Å². The van der Waals surface area contributed by atoms with Gasteiger partial charge < -0.3 is 5.11 Å². The molecule has 0 amide bonds. The van der Waals surface area contributed by atoms with E-state index in [0.29, 0.717) is 5.56 Å². The number of aromatic carboxylic acids is 1. The van der Waals surface area contributed by atoms with Crippen molar-refractivity contribution < 1.29 is 9.90 Å². The van der Waals surface area contributed by atoms with E-state index < -0.39 is 5.97 Å². The highest BCUT2D eigenvalue weighted by Gasteiger charge is 2.17. The molecule has 14 heavy (non-hydrogen) atoms. The van der Waals surface area contributed by atoms with Crippen molar-refractivity contribution in [1.29, 1.82) is 0 Å². The van der Waals surface area contributed by atoms with Gasteiger partial charge in [-0.25, -0.2) is 8.88 Å². The summed E-state index contributed by atoms with van der Waals surface area (Å²) in [6.45, 7) is 1.75. The van der Waals surface area contributed by atoms with Crippen LogP contribution in [0.25, 0.3) is 10.9 Å². The summed E-state index contributed by atoms with van der Waals surface area (Å²) in [5, 5.41) is 9.82. The maximum Gasteiger partial charge on any atom is 0.354 e. The number of aryl methyl sites for hydroxylation is 1. The molecule has 1 aromatic carbocycles. The van der Waals surface area contributed by atoms with Crippen LogP contribution in [0.1, 0.15) is 16.1 Å². The number of nitrogens with zero attached hydrogens (tertiary/aromatic N) is 1. The zero-order valence-electron chi connectivity index (χ0n) is 7.49. The van der Waals surface area contributed by atoms with Gasteiger partial charge in [-0.1, -0.05) is 18.2 Å². The Morgan fingerprint density at radius 2 is 2.07 bits per heavy atom. The number of fused-ring (bicyclic) bond motifs is 1. The number of hydrogen-bond acceptors (Lipinski definition) is 1. The Hall–Kier alpha value is -1.48. The van der Waals surface area contributed by atoms with E-state index in [1.54, 1.807) is 13.0 Å². The van der Waals surface area contributed by atoms with Gasteiger partial charge in [-0.2, -0.15) is 0 Å². The Kier molecular flexibility index (Phi) is 1.97. The van der Waals surface area contributed by atoms with Crippen molar-refractivity contribution in [2.45, 2.75) is 6.92 Å². The van der Waals surface area contributed by atoms with Crippen molar-refractivity contribution in [3.8, 4) is 0 Å². The molecule has 0 aliphatic rings. The number of carboxylic acids is 1. The van der Waals surface area contributed by atoms with Crippen LogP contribution in [0.4, 0.5) is 0 Å². The van der Waals surface area contributed by atoms with Gasteiger partial charge in [0.25, 0.3) is 0 Å². The monoisotopic (exact) mass is 209 g/mol. The molecule has 0 unspecified atom stereocenters. The van der Waals surface area contributed by atoms with Crippen molar-refractivity contribution in [2.75, 3.05) is 0 Å². The minimum absolute atomic E-state index is 0.132. The maximum atomic E-state index is 10.9. The smallest absolute Gasteiger partial charge is 0.354 e. The van der Waals surface area contributed by atoms with E-state index in [2.05, 4.69) is 0 Å². The Morgan fingerprint density at radius 1 is 1.43 bits per heavy atom. The molecule has 0 aliphatic carbocycles. The van der Waals surface area contributed by atoms with Crippen LogP contribution < -0.4 is 0 Å². The third-order valence-corrected chi connectivity index (χ3v) is 2.62. The van der Waals surface area contributed by atoms with Crippen molar-refractivity contribution in [2.24, 2.45) is 0 Å². The zero-order valence-corrected chi connectivity index (χ0v) is 8.25. The standard InChI is InChI=1S/C10H8ClNO2/c1-6-7-4-2-3-5-8(7)12(11)9(6)10(13)14/h2-5H,1H3,(H,13,14). The molecular formula is C10H8ClNO2. The minimum atomic E-state index is -1.01. The topological polar surface area (TPSA) is 42.2 Å². The molecule has 0 bridgehead atoms. The van der Waals surface area contributed by atoms with Crippen molar-refractivity contribution >= 4 is 28.6 Å². The Bertz CT molecular complexity index is 477. The first-order valence-electron chi connectivity index (χ1n) is 4.12. The van der Waals surface area contributed by atoms with Crippen LogP contribution >= 0.6 is 11.8 Å². The van der Waals surface area contributed by atoms with Crippen LogP contribution in [-0.4, -0.2) is 15.2 Å². The second-order valence-corrected chi connectivity index (χ2v) is 3.41. The highest BCUT2D eigenvalue weighted by Crippen LogP contribution is 2.26. The molecule has 0 atom stereocenters. The largest absolute Gasteiger partial charge is 0.477 e. The summed E-state index contributed by atoms with van der Waals surface area (Å²) < 4.78 is 1.19. The number of halogens is 1. The number of hydrogen-bond donors (Lipinski definition) is 1. The zero-order chi connectivity index (χ0) is 10.3. The van der Waals surface area contributed by atoms with Crippen LogP contribution in [0, 0.1) is 6.92 Å². The minimum Gasteiger partial charge on any atom is -0.477 e. The second-order valence-electron chi connectivity index (χ2n) is 3.08. The highest BCUT2D eigenvalue weighted by molar-refractivity contribution is 6.22. The highest BCUT2D eigenvalue weighted by atomic mass is 35.5. The molecule has 0 aliphatic heterocycles. The first-order valence-corrected chi connectivity index (χ1v) is 4.46. The Labute approximate surface area is 85.6 Å². The molecule has 3 nitrogen and oxygen atoms in total. The molecule has 1 heterocycles. The molecule has 72 valence electrons. The predicted octanol–water partition coefficient (Wildman–Crippen LogP) is 2.65. The summed E-state index contributed by atoms with van der Waals surface area (Å²) in [5.74, 6) is -1.01. The number of benzene rings is 1. The number of rotatable bonds is 1. The van der Waals surface area contributed by atoms with Gasteiger partial charge in [0, 0.05) is 17.2 Å². The van der Waals surface area contributed by atoms with E-state index in [0.717, 1.165) is 10.9 Å². The van der Waals surface area contributed by atoms with E-state index in [-0.39, 0.29) is 5.69 Å². The molecule has 0 fully saturated rings. The van der Waals surface area contributed by atoms with Crippen LogP contribution in [0.5, 0.6) is 0 Å². The maximum absolute atomic E-state index is 10.9. The predicted molar refractivity (Wildman–Crippen MR) is 54.9 cm³/mol. The van der Waals surface area contributed by atoms with E-state index >= 15 is 0 Å². The van der Waals surface area contributed by atoms with Gasteiger partial charge in [-0.05, 0) is 18.6 Å². The van der Waals surface area contributed by atoms with Gasteiger partial charge in [0.15, 0.2) is 0 Å². The lowest BCUT2D eigenvalue weighted by molar-refractivity contribution is 0.0689. The Balaban J connectivity index is 2.92. The van der Waals surface area contributed by atoms with Crippen molar-refractivity contribution in [3.63, 3.8) is 0 Å². The molecule has 1 aromatic heterocycles. The number of para-hydroxylation sites is 1. The lowest BCUT2D eigenvalue weighted by Crippen LogP contribution is -2.02. The number of aromatic nitrogens is 1. The quantitative estimate of drug-likeness (QED) is 0.785. The third-order valence-electron chi connectivity index (χ3n) is 2.27. The fraction of sp³-hybridized carbons (Fsp3) is 0.100.